The lowest BCUT2D eigenvalue weighted by Gasteiger charge is -2.22. The Balaban J connectivity index is 2.19. The zero-order valence-electron chi connectivity index (χ0n) is 14.9. The van der Waals surface area contributed by atoms with Crippen LogP contribution in [0.15, 0.2) is 42.5 Å². The minimum atomic E-state index is -0.894. The van der Waals surface area contributed by atoms with Gasteiger partial charge in [-0.25, -0.2) is 0 Å². The van der Waals surface area contributed by atoms with Gasteiger partial charge in [0.05, 0.1) is 14.2 Å². The molecule has 2 N–H and O–H groups in total. The van der Waals surface area contributed by atoms with Gasteiger partial charge in [0.15, 0.2) is 23.0 Å². The first-order valence-corrected chi connectivity index (χ1v) is 8.02. The predicted molar refractivity (Wildman–Crippen MR) is 97.4 cm³/mol. The second kappa shape index (κ2) is 8.44. The molecule has 0 aliphatic rings. The first-order chi connectivity index (χ1) is 12.0. The molecule has 2 aromatic rings. The van der Waals surface area contributed by atoms with Gasteiger partial charge in [0.2, 0.25) is 0 Å². The summed E-state index contributed by atoms with van der Waals surface area (Å²) >= 11 is 0. The molecule has 5 heteroatoms. The molecule has 0 saturated carbocycles. The third kappa shape index (κ3) is 4.45. The number of hydrogen-bond donors (Lipinski definition) is 2. The van der Waals surface area contributed by atoms with E-state index < -0.39 is 12.2 Å². The van der Waals surface area contributed by atoms with Gasteiger partial charge in [-0.15, -0.1) is 0 Å². The van der Waals surface area contributed by atoms with E-state index in [1.165, 1.54) is 13.2 Å². The molecule has 0 bridgehead atoms. The summed E-state index contributed by atoms with van der Waals surface area (Å²) in [5, 5.41) is 20.2. The zero-order chi connectivity index (χ0) is 18.4. The number of hydrogen-bond acceptors (Lipinski definition) is 5. The SMILES string of the molecule is C/C=C/c1ccc(O[C@@H](C)[C@H](O)c2ccc(O)c(OC)c2)c(OC)c1. The van der Waals surface area contributed by atoms with Gasteiger partial charge in [0.1, 0.15) is 12.2 Å². The average Bonchev–Trinajstić information content (AvgIpc) is 2.62. The van der Waals surface area contributed by atoms with Crippen LogP contribution in [0.25, 0.3) is 6.08 Å². The molecule has 0 spiro atoms. The van der Waals surface area contributed by atoms with Crippen molar-refractivity contribution in [2.24, 2.45) is 0 Å². The second-order valence-electron chi connectivity index (χ2n) is 5.61. The molecule has 0 aliphatic heterocycles. The van der Waals surface area contributed by atoms with E-state index >= 15 is 0 Å². The fourth-order valence-corrected chi connectivity index (χ4v) is 2.49. The molecule has 0 aromatic heterocycles. The fraction of sp³-hybridized carbons (Fsp3) is 0.300. The van der Waals surface area contributed by atoms with Gasteiger partial charge >= 0.3 is 0 Å². The molecule has 0 fully saturated rings. The monoisotopic (exact) mass is 344 g/mol. The number of benzene rings is 2. The Morgan fingerprint density at radius 2 is 1.68 bits per heavy atom. The van der Waals surface area contributed by atoms with Crippen LogP contribution in [0.3, 0.4) is 0 Å². The molecule has 0 aliphatic carbocycles. The fourth-order valence-electron chi connectivity index (χ4n) is 2.49. The molecule has 2 aromatic carbocycles. The maximum Gasteiger partial charge on any atom is 0.161 e. The summed E-state index contributed by atoms with van der Waals surface area (Å²) < 4.78 is 16.3. The van der Waals surface area contributed by atoms with Crippen LogP contribution in [0.2, 0.25) is 0 Å². The predicted octanol–water partition coefficient (Wildman–Crippen LogP) is 3.94. The van der Waals surface area contributed by atoms with E-state index in [4.69, 9.17) is 14.2 Å². The first kappa shape index (κ1) is 18.7. The summed E-state index contributed by atoms with van der Waals surface area (Å²) in [4.78, 5) is 0. The lowest BCUT2D eigenvalue weighted by Crippen LogP contribution is -2.22. The minimum Gasteiger partial charge on any atom is -0.504 e. The van der Waals surface area contributed by atoms with Crippen LogP contribution in [0.1, 0.15) is 31.1 Å². The molecule has 0 unspecified atom stereocenters. The van der Waals surface area contributed by atoms with Crippen molar-refractivity contribution in [3.63, 3.8) is 0 Å². The van der Waals surface area contributed by atoms with Gasteiger partial charge in [-0.05, 0) is 49.2 Å². The zero-order valence-corrected chi connectivity index (χ0v) is 14.9. The number of allylic oxidation sites excluding steroid dienone is 1. The quantitative estimate of drug-likeness (QED) is 0.796. The van der Waals surface area contributed by atoms with E-state index in [9.17, 15) is 10.2 Å². The Morgan fingerprint density at radius 1 is 0.960 bits per heavy atom. The molecule has 0 heterocycles. The topological polar surface area (TPSA) is 68.2 Å². The smallest absolute Gasteiger partial charge is 0.161 e. The number of rotatable bonds is 7. The Kier molecular flexibility index (Phi) is 6.31. The highest BCUT2D eigenvalue weighted by Gasteiger charge is 2.21. The van der Waals surface area contributed by atoms with Crippen molar-refractivity contribution < 1.29 is 24.4 Å². The first-order valence-electron chi connectivity index (χ1n) is 8.02. The maximum atomic E-state index is 10.5. The van der Waals surface area contributed by atoms with Crippen LogP contribution in [-0.2, 0) is 0 Å². The van der Waals surface area contributed by atoms with Gasteiger partial charge < -0.3 is 24.4 Å². The van der Waals surface area contributed by atoms with Crippen LogP contribution in [0.4, 0.5) is 0 Å². The molecule has 5 nitrogen and oxygen atoms in total. The average molecular weight is 344 g/mol. The van der Waals surface area contributed by atoms with Crippen LogP contribution < -0.4 is 14.2 Å². The highest BCUT2D eigenvalue weighted by atomic mass is 16.5. The number of phenolic OH excluding ortho intramolecular Hbond substituents is 1. The summed E-state index contributed by atoms with van der Waals surface area (Å²) in [5.41, 5.74) is 1.59. The molecular weight excluding hydrogens is 320 g/mol. The summed E-state index contributed by atoms with van der Waals surface area (Å²) in [7, 11) is 3.04. The molecule has 0 amide bonds. The molecule has 0 saturated heterocycles. The lowest BCUT2D eigenvalue weighted by molar-refractivity contribution is 0.0450. The number of aromatic hydroxyl groups is 1. The van der Waals surface area contributed by atoms with E-state index in [-0.39, 0.29) is 5.75 Å². The normalized spacial score (nSPS) is 13.5. The number of ether oxygens (including phenoxy) is 3. The van der Waals surface area contributed by atoms with Crippen molar-refractivity contribution in [3.8, 4) is 23.0 Å². The van der Waals surface area contributed by atoms with Gasteiger partial charge in [-0.1, -0.05) is 24.3 Å². The Labute approximate surface area is 148 Å². The molecular formula is C20H24O5. The van der Waals surface area contributed by atoms with Crippen molar-refractivity contribution in [2.45, 2.75) is 26.1 Å². The highest BCUT2D eigenvalue weighted by Crippen LogP contribution is 2.34. The third-order valence-corrected chi connectivity index (χ3v) is 3.85. The number of methoxy groups -OCH3 is 2. The molecule has 2 atom stereocenters. The number of aliphatic hydroxyl groups is 1. The summed E-state index contributed by atoms with van der Waals surface area (Å²) in [6.45, 7) is 3.71. The van der Waals surface area contributed by atoms with E-state index in [0.29, 0.717) is 22.8 Å². The summed E-state index contributed by atoms with van der Waals surface area (Å²) in [6, 6.07) is 10.3. The number of aliphatic hydroxyl groups excluding tert-OH is 1. The summed E-state index contributed by atoms with van der Waals surface area (Å²) in [6.07, 6.45) is 2.48. The second-order valence-corrected chi connectivity index (χ2v) is 5.61. The van der Waals surface area contributed by atoms with Crippen molar-refractivity contribution in [1.29, 1.82) is 0 Å². The van der Waals surface area contributed by atoms with Gasteiger partial charge in [0.25, 0.3) is 0 Å². The van der Waals surface area contributed by atoms with E-state index in [1.54, 1.807) is 26.2 Å². The van der Waals surface area contributed by atoms with E-state index in [0.717, 1.165) is 5.56 Å². The Hall–Kier alpha value is -2.66. The molecule has 2 rings (SSSR count). The Bertz CT molecular complexity index is 739. The Morgan fingerprint density at radius 3 is 2.32 bits per heavy atom. The van der Waals surface area contributed by atoms with Gasteiger partial charge in [0, 0.05) is 0 Å². The van der Waals surface area contributed by atoms with Crippen LogP contribution in [0, 0.1) is 0 Å². The minimum absolute atomic E-state index is 0.0215. The maximum absolute atomic E-state index is 10.5. The third-order valence-electron chi connectivity index (χ3n) is 3.85. The molecule has 25 heavy (non-hydrogen) atoms. The van der Waals surface area contributed by atoms with Crippen molar-refractivity contribution in [2.75, 3.05) is 14.2 Å². The summed E-state index contributed by atoms with van der Waals surface area (Å²) in [5.74, 6) is 1.47. The van der Waals surface area contributed by atoms with Gasteiger partial charge in [-0.2, -0.15) is 0 Å². The van der Waals surface area contributed by atoms with Crippen molar-refractivity contribution in [3.05, 3.63) is 53.6 Å². The van der Waals surface area contributed by atoms with Gasteiger partial charge in [-0.3, -0.25) is 0 Å². The number of phenols is 1. The highest BCUT2D eigenvalue weighted by molar-refractivity contribution is 5.55. The lowest BCUT2D eigenvalue weighted by atomic mass is 10.0. The van der Waals surface area contributed by atoms with E-state index in [1.807, 2.05) is 37.3 Å². The van der Waals surface area contributed by atoms with Crippen molar-refractivity contribution >= 4 is 6.08 Å². The van der Waals surface area contributed by atoms with E-state index in [2.05, 4.69) is 0 Å². The van der Waals surface area contributed by atoms with Crippen LogP contribution in [-0.4, -0.2) is 30.5 Å². The molecule has 0 radical (unpaired) electrons. The largest absolute Gasteiger partial charge is 0.504 e. The van der Waals surface area contributed by atoms with Crippen LogP contribution in [0.5, 0.6) is 23.0 Å². The standard InChI is InChI=1S/C20H24O5/c1-5-6-14-7-10-17(19(11-14)24-4)25-13(2)20(22)15-8-9-16(21)18(12-15)23-3/h5-13,20-22H,1-4H3/b6-5+/t13-,20-/m0/s1. The van der Waals surface area contributed by atoms with Crippen molar-refractivity contribution in [1.82, 2.24) is 0 Å². The molecule has 134 valence electrons. The van der Waals surface area contributed by atoms with Crippen LogP contribution >= 0.6 is 0 Å².